The van der Waals surface area contributed by atoms with Crippen molar-refractivity contribution in [3.63, 3.8) is 0 Å². The molecule has 0 unspecified atom stereocenters. The van der Waals surface area contributed by atoms with E-state index in [0.29, 0.717) is 0 Å². The van der Waals surface area contributed by atoms with Crippen LogP contribution in [0.3, 0.4) is 0 Å². The normalized spacial score (nSPS) is 28.1. The maximum Gasteiger partial charge on any atom is 0.235 e. The average molecular weight is 245 g/mol. The summed E-state index contributed by atoms with van der Waals surface area (Å²) in [6.45, 7) is 4.68. The van der Waals surface area contributed by atoms with Gasteiger partial charge >= 0.3 is 0 Å². The second-order valence-corrected chi connectivity index (χ2v) is 5.41. The van der Waals surface area contributed by atoms with Crippen LogP contribution in [0.25, 0.3) is 0 Å². The predicted molar refractivity (Wildman–Crippen MR) is 70.5 cm³/mol. The zero-order valence-electron chi connectivity index (χ0n) is 10.8. The van der Waals surface area contributed by atoms with Crippen LogP contribution in [0, 0.1) is 12.3 Å². The fourth-order valence-corrected chi connectivity index (χ4v) is 3.15. The molecule has 1 aromatic rings. The van der Waals surface area contributed by atoms with Crippen molar-refractivity contribution < 1.29 is 4.79 Å². The Hall–Kier alpha value is -1.42. The zero-order chi connectivity index (χ0) is 12.6. The van der Waals surface area contributed by atoms with Crippen LogP contribution < -0.4 is 10.2 Å². The van der Waals surface area contributed by atoms with Crippen molar-refractivity contribution >= 4 is 11.7 Å². The highest BCUT2D eigenvalue weighted by Gasteiger charge is 2.47. The number of aryl methyl sites for hydroxylation is 1. The summed E-state index contributed by atoms with van der Waals surface area (Å²) in [6, 6.07) is 3.93. The highest BCUT2D eigenvalue weighted by Crippen LogP contribution is 2.39. The van der Waals surface area contributed by atoms with Gasteiger partial charge in [-0.3, -0.25) is 9.69 Å². The molecule has 1 atom stereocenters. The Morgan fingerprint density at radius 1 is 1.44 bits per heavy atom. The van der Waals surface area contributed by atoms with E-state index in [4.69, 9.17) is 0 Å². The van der Waals surface area contributed by atoms with Crippen LogP contribution in [-0.2, 0) is 4.79 Å². The third-order valence-corrected chi connectivity index (χ3v) is 4.22. The van der Waals surface area contributed by atoms with E-state index in [0.717, 1.165) is 50.3 Å². The number of anilines is 1. The van der Waals surface area contributed by atoms with Crippen molar-refractivity contribution in [1.29, 1.82) is 0 Å². The minimum atomic E-state index is -0.164. The van der Waals surface area contributed by atoms with Crippen molar-refractivity contribution in [1.82, 2.24) is 10.3 Å². The van der Waals surface area contributed by atoms with Crippen LogP contribution in [0.5, 0.6) is 0 Å². The van der Waals surface area contributed by atoms with Crippen LogP contribution in [0.15, 0.2) is 18.3 Å². The van der Waals surface area contributed by atoms with Crippen molar-refractivity contribution in [3.8, 4) is 0 Å². The van der Waals surface area contributed by atoms with E-state index >= 15 is 0 Å². The Morgan fingerprint density at radius 2 is 2.33 bits per heavy atom. The number of carbonyl (C=O) groups excluding carboxylic acids is 1. The molecule has 2 aliphatic rings. The summed E-state index contributed by atoms with van der Waals surface area (Å²) in [7, 11) is 0. The van der Waals surface area contributed by atoms with Gasteiger partial charge in [0.05, 0.1) is 5.41 Å². The minimum Gasteiger partial charge on any atom is -0.316 e. The van der Waals surface area contributed by atoms with Crippen LogP contribution in [0.4, 0.5) is 5.82 Å². The highest BCUT2D eigenvalue weighted by atomic mass is 16.2. The molecule has 0 saturated carbocycles. The summed E-state index contributed by atoms with van der Waals surface area (Å²) >= 11 is 0. The van der Waals surface area contributed by atoms with Crippen LogP contribution >= 0.6 is 0 Å². The predicted octanol–water partition coefficient (Wildman–Crippen LogP) is 1.50. The molecule has 0 bridgehead atoms. The summed E-state index contributed by atoms with van der Waals surface area (Å²) in [5, 5.41) is 3.37. The van der Waals surface area contributed by atoms with Crippen LogP contribution in [0.1, 0.15) is 24.8 Å². The van der Waals surface area contributed by atoms with E-state index in [1.54, 1.807) is 6.20 Å². The summed E-state index contributed by atoms with van der Waals surface area (Å²) in [5.74, 6) is 1.10. The Balaban J connectivity index is 1.89. The molecule has 1 aromatic heterocycles. The maximum atomic E-state index is 12.7. The Labute approximate surface area is 107 Å². The number of pyridine rings is 1. The molecular formula is C14H19N3O. The fraction of sp³-hybridized carbons (Fsp3) is 0.571. The molecule has 4 heteroatoms. The van der Waals surface area contributed by atoms with Crippen molar-refractivity contribution in [2.24, 2.45) is 5.41 Å². The second-order valence-electron chi connectivity index (χ2n) is 5.41. The molecule has 2 aliphatic heterocycles. The topological polar surface area (TPSA) is 45.2 Å². The van der Waals surface area contributed by atoms with Gasteiger partial charge in [-0.25, -0.2) is 4.98 Å². The number of piperidine rings is 1. The quantitative estimate of drug-likeness (QED) is 0.815. The minimum absolute atomic E-state index is 0.164. The average Bonchev–Trinajstić information content (AvgIpc) is 2.69. The Morgan fingerprint density at radius 3 is 3.06 bits per heavy atom. The fourth-order valence-electron chi connectivity index (χ4n) is 3.15. The molecule has 4 nitrogen and oxygen atoms in total. The highest BCUT2D eigenvalue weighted by molar-refractivity contribution is 5.99. The van der Waals surface area contributed by atoms with Gasteiger partial charge < -0.3 is 5.32 Å². The first-order valence-corrected chi connectivity index (χ1v) is 6.67. The third kappa shape index (κ3) is 1.72. The van der Waals surface area contributed by atoms with E-state index in [1.807, 2.05) is 24.0 Å². The summed E-state index contributed by atoms with van der Waals surface area (Å²) in [5.41, 5.74) is 0.911. The lowest BCUT2D eigenvalue weighted by Crippen LogP contribution is -2.46. The van der Waals surface area contributed by atoms with Crippen LogP contribution in [-0.4, -0.2) is 30.5 Å². The van der Waals surface area contributed by atoms with E-state index in [9.17, 15) is 4.79 Å². The third-order valence-electron chi connectivity index (χ3n) is 4.22. The lowest BCUT2D eigenvalue weighted by molar-refractivity contribution is -0.126. The Kier molecular flexibility index (Phi) is 2.82. The summed E-state index contributed by atoms with van der Waals surface area (Å²) in [4.78, 5) is 18.9. The number of hydrogen-bond donors (Lipinski definition) is 1. The van der Waals surface area contributed by atoms with Gasteiger partial charge in [-0.1, -0.05) is 6.07 Å². The van der Waals surface area contributed by atoms with E-state index in [1.165, 1.54) is 0 Å². The first-order valence-electron chi connectivity index (χ1n) is 6.67. The smallest absolute Gasteiger partial charge is 0.235 e. The second kappa shape index (κ2) is 4.35. The standard InChI is InChI=1S/C14H19N3O/c1-11-4-2-8-16-12(11)17-9-6-14(13(17)18)5-3-7-15-10-14/h2,4,8,15H,3,5-7,9-10H2,1H3/t14-/m0/s1. The monoisotopic (exact) mass is 245 g/mol. The van der Waals surface area contributed by atoms with Gasteiger partial charge in [-0.05, 0) is 44.4 Å². The van der Waals surface area contributed by atoms with Gasteiger partial charge in [0, 0.05) is 19.3 Å². The molecule has 3 heterocycles. The van der Waals surface area contributed by atoms with Gasteiger partial charge in [0.1, 0.15) is 5.82 Å². The van der Waals surface area contributed by atoms with Crippen molar-refractivity contribution in [2.75, 3.05) is 24.5 Å². The first-order chi connectivity index (χ1) is 8.73. The molecule has 0 aliphatic carbocycles. The summed E-state index contributed by atoms with van der Waals surface area (Å²) in [6.07, 6.45) is 4.83. The summed E-state index contributed by atoms with van der Waals surface area (Å²) < 4.78 is 0. The number of aromatic nitrogens is 1. The zero-order valence-corrected chi connectivity index (χ0v) is 10.8. The molecular weight excluding hydrogens is 226 g/mol. The molecule has 3 rings (SSSR count). The van der Waals surface area contributed by atoms with E-state index < -0.39 is 0 Å². The van der Waals surface area contributed by atoms with Gasteiger partial charge in [0.25, 0.3) is 0 Å². The molecule has 0 radical (unpaired) electrons. The van der Waals surface area contributed by atoms with Gasteiger partial charge in [-0.2, -0.15) is 0 Å². The van der Waals surface area contributed by atoms with E-state index in [2.05, 4.69) is 10.3 Å². The molecule has 1 spiro atoms. The molecule has 2 saturated heterocycles. The number of carbonyl (C=O) groups is 1. The molecule has 18 heavy (non-hydrogen) atoms. The van der Waals surface area contributed by atoms with Gasteiger partial charge in [0.2, 0.25) is 5.91 Å². The molecule has 0 aromatic carbocycles. The molecule has 1 amide bonds. The number of amides is 1. The van der Waals surface area contributed by atoms with Gasteiger partial charge in [-0.15, -0.1) is 0 Å². The molecule has 2 fully saturated rings. The largest absolute Gasteiger partial charge is 0.316 e. The number of rotatable bonds is 1. The Bertz CT molecular complexity index is 466. The molecule has 1 N–H and O–H groups in total. The number of nitrogens with zero attached hydrogens (tertiary/aromatic N) is 2. The van der Waals surface area contributed by atoms with E-state index in [-0.39, 0.29) is 11.3 Å². The van der Waals surface area contributed by atoms with Crippen molar-refractivity contribution in [2.45, 2.75) is 26.2 Å². The number of hydrogen-bond acceptors (Lipinski definition) is 3. The lowest BCUT2D eigenvalue weighted by Gasteiger charge is -2.32. The lowest BCUT2D eigenvalue weighted by atomic mass is 9.79. The SMILES string of the molecule is Cc1cccnc1N1CC[C@]2(CCCNC2)C1=O. The first kappa shape index (κ1) is 11.7. The van der Waals surface area contributed by atoms with Crippen molar-refractivity contribution in [3.05, 3.63) is 23.9 Å². The van der Waals surface area contributed by atoms with Gasteiger partial charge in [0.15, 0.2) is 0 Å². The molecule has 96 valence electrons. The van der Waals surface area contributed by atoms with Crippen LogP contribution in [0.2, 0.25) is 0 Å². The maximum absolute atomic E-state index is 12.7. The number of nitrogens with one attached hydrogen (secondary N) is 1.